The summed E-state index contributed by atoms with van der Waals surface area (Å²) in [6.45, 7) is 1.41. The highest BCUT2D eigenvalue weighted by Crippen LogP contribution is 2.46. The maximum atomic E-state index is 12.4. The highest BCUT2D eigenvalue weighted by Gasteiger charge is 2.73. The Kier molecular flexibility index (Phi) is 3.11. The lowest BCUT2D eigenvalue weighted by molar-refractivity contribution is -0.338. The van der Waals surface area contributed by atoms with Gasteiger partial charge in [-0.05, 0) is 6.92 Å². The van der Waals surface area contributed by atoms with Crippen LogP contribution in [0.2, 0.25) is 0 Å². The average Bonchev–Trinajstić information content (AvgIpc) is 2.41. The molecule has 0 aliphatic carbocycles. The van der Waals surface area contributed by atoms with Crippen LogP contribution in [-0.4, -0.2) is 46.9 Å². The fourth-order valence-electron chi connectivity index (χ4n) is 1.45. The summed E-state index contributed by atoms with van der Waals surface area (Å²) in [5, 5.41) is 13.1. The van der Waals surface area contributed by atoms with E-state index in [1.807, 2.05) is 0 Å². The Morgan fingerprint density at radius 3 is 1.82 bits per heavy atom. The van der Waals surface area contributed by atoms with Crippen molar-refractivity contribution in [2.45, 2.75) is 37.3 Å². The van der Waals surface area contributed by atoms with Crippen molar-refractivity contribution in [3.8, 4) is 0 Å². The normalized spacial score (nSPS) is 23.0. The fraction of sp³-hybridized carbons (Fsp3) is 0.875. The van der Waals surface area contributed by atoms with Gasteiger partial charge in [-0.3, -0.25) is 5.01 Å². The van der Waals surface area contributed by atoms with E-state index in [9.17, 15) is 26.3 Å². The molecule has 0 spiro atoms. The van der Waals surface area contributed by atoms with Gasteiger partial charge in [-0.2, -0.15) is 31.4 Å². The van der Waals surface area contributed by atoms with Crippen molar-refractivity contribution in [2.75, 3.05) is 7.05 Å². The second-order valence-electron chi connectivity index (χ2n) is 3.88. The van der Waals surface area contributed by atoms with Crippen molar-refractivity contribution in [1.29, 1.82) is 0 Å². The van der Waals surface area contributed by atoms with E-state index in [-0.39, 0.29) is 0 Å². The molecule has 100 valence electrons. The van der Waals surface area contributed by atoms with E-state index >= 15 is 0 Å². The lowest BCUT2D eigenvalue weighted by atomic mass is 9.92. The van der Waals surface area contributed by atoms with Crippen LogP contribution in [0.4, 0.5) is 26.3 Å². The highest BCUT2D eigenvalue weighted by atomic mass is 19.4. The molecular weight excluding hydrogens is 254 g/mol. The van der Waals surface area contributed by atoms with Crippen LogP contribution in [-0.2, 0) is 0 Å². The van der Waals surface area contributed by atoms with Crippen molar-refractivity contribution in [3.63, 3.8) is 0 Å². The summed E-state index contributed by atoms with van der Waals surface area (Å²) in [5.41, 5.74) is -6.20. The molecule has 9 heteroatoms. The first-order valence-electron chi connectivity index (χ1n) is 4.58. The molecule has 0 amide bonds. The minimum Gasteiger partial charge on any atom is -0.369 e. The maximum absolute atomic E-state index is 12.4. The zero-order chi connectivity index (χ0) is 13.6. The van der Waals surface area contributed by atoms with Crippen LogP contribution in [0.1, 0.15) is 13.3 Å². The third-order valence-corrected chi connectivity index (χ3v) is 2.64. The first-order valence-corrected chi connectivity index (χ1v) is 4.58. The van der Waals surface area contributed by atoms with Crippen LogP contribution >= 0.6 is 0 Å². The molecule has 3 nitrogen and oxygen atoms in total. The smallest absolute Gasteiger partial charge is 0.369 e. The quantitative estimate of drug-likeness (QED) is 0.734. The van der Waals surface area contributed by atoms with Gasteiger partial charge in [0.2, 0.25) is 0 Å². The standard InChI is InChI=1S/C8H10F6N2O/c1-4-3-5(15-16(4)2)6(17,7(9,10)11)8(12,13)14/h4,17H,3H2,1-2H3. The molecule has 17 heavy (non-hydrogen) atoms. The van der Waals surface area contributed by atoms with Gasteiger partial charge in [-0.25, -0.2) is 0 Å². The van der Waals surface area contributed by atoms with E-state index in [2.05, 4.69) is 5.10 Å². The number of hydrazone groups is 1. The van der Waals surface area contributed by atoms with Crippen LogP contribution < -0.4 is 0 Å². The Bertz CT molecular complexity index is 320. The molecular formula is C8H10F6N2O. The van der Waals surface area contributed by atoms with Gasteiger partial charge >= 0.3 is 12.4 Å². The highest BCUT2D eigenvalue weighted by molar-refractivity contribution is 5.95. The molecule has 1 N–H and O–H groups in total. The lowest BCUT2D eigenvalue weighted by Crippen LogP contribution is -2.62. The molecule has 0 saturated carbocycles. The molecule has 1 heterocycles. The van der Waals surface area contributed by atoms with E-state index in [0.717, 1.165) is 5.01 Å². The summed E-state index contributed by atoms with van der Waals surface area (Å²) in [5.74, 6) is 0. The maximum Gasteiger partial charge on any atom is 0.431 e. The Morgan fingerprint density at radius 1 is 1.18 bits per heavy atom. The van der Waals surface area contributed by atoms with Gasteiger partial charge in [0.25, 0.3) is 5.60 Å². The zero-order valence-corrected chi connectivity index (χ0v) is 8.89. The monoisotopic (exact) mass is 264 g/mol. The molecule has 0 saturated heterocycles. The lowest BCUT2D eigenvalue weighted by Gasteiger charge is -2.31. The summed E-state index contributed by atoms with van der Waals surface area (Å²) in [6.07, 6.45) is -12.3. The van der Waals surface area contributed by atoms with Crippen molar-refractivity contribution in [2.24, 2.45) is 5.10 Å². The Balaban J connectivity index is 3.24. The molecule has 0 fully saturated rings. The second kappa shape index (κ2) is 3.76. The second-order valence-corrected chi connectivity index (χ2v) is 3.88. The van der Waals surface area contributed by atoms with E-state index in [1.54, 1.807) is 0 Å². The summed E-state index contributed by atoms with van der Waals surface area (Å²) in [7, 11) is 1.24. The Hall–Kier alpha value is -0.990. The number of halogens is 6. The first-order chi connectivity index (χ1) is 7.41. The largest absolute Gasteiger partial charge is 0.431 e. The van der Waals surface area contributed by atoms with Gasteiger partial charge in [0.05, 0.1) is 5.71 Å². The van der Waals surface area contributed by atoms with Crippen molar-refractivity contribution < 1.29 is 31.4 Å². The summed E-state index contributed by atoms with van der Waals surface area (Å²) in [4.78, 5) is 0. The zero-order valence-electron chi connectivity index (χ0n) is 8.89. The Labute approximate surface area is 92.7 Å². The van der Waals surface area contributed by atoms with Gasteiger partial charge in [-0.1, -0.05) is 0 Å². The number of nitrogens with zero attached hydrogens (tertiary/aromatic N) is 2. The molecule has 1 atom stereocenters. The molecule has 1 aliphatic heterocycles. The number of alkyl halides is 6. The molecule has 0 aromatic rings. The van der Waals surface area contributed by atoms with Crippen LogP contribution in [0, 0.1) is 0 Å². The molecule has 1 unspecified atom stereocenters. The van der Waals surface area contributed by atoms with E-state index in [1.165, 1.54) is 14.0 Å². The summed E-state index contributed by atoms with van der Waals surface area (Å²) >= 11 is 0. The third-order valence-electron chi connectivity index (χ3n) is 2.64. The van der Waals surface area contributed by atoms with Gasteiger partial charge in [0.15, 0.2) is 0 Å². The van der Waals surface area contributed by atoms with Crippen molar-refractivity contribution >= 4 is 5.71 Å². The number of hydrogen-bond donors (Lipinski definition) is 1. The van der Waals surface area contributed by atoms with Crippen LogP contribution in [0.5, 0.6) is 0 Å². The van der Waals surface area contributed by atoms with Gasteiger partial charge in [0.1, 0.15) is 0 Å². The summed E-state index contributed by atoms with van der Waals surface area (Å²) < 4.78 is 74.6. The average molecular weight is 264 g/mol. The number of aliphatic hydroxyl groups is 1. The predicted octanol–water partition coefficient (Wildman–Crippen LogP) is 1.92. The topological polar surface area (TPSA) is 35.8 Å². The van der Waals surface area contributed by atoms with Gasteiger partial charge in [-0.15, -0.1) is 0 Å². The SMILES string of the molecule is CC1CC(C(O)(C(F)(F)F)C(F)(F)F)=NN1C. The number of rotatable bonds is 1. The van der Waals surface area contributed by atoms with Crippen LogP contribution in [0.25, 0.3) is 0 Å². The minimum absolute atomic E-state index is 0.591. The molecule has 0 aromatic carbocycles. The Morgan fingerprint density at radius 2 is 1.59 bits per heavy atom. The first kappa shape index (κ1) is 14.1. The molecule has 1 rings (SSSR count). The van der Waals surface area contributed by atoms with Gasteiger partial charge < -0.3 is 5.11 Å². The van der Waals surface area contributed by atoms with E-state index in [0.29, 0.717) is 0 Å². The van der Waals surface area contributed by atoms with Crippen LogP contribution in [0.3, 0.4) is 0 Å². The number of hydrogen-bond acceptors (Lipinski definition) is 3. The van der Waals surface area contributed by atoms with Gasteiger partial charge in [0, 0.05) is 19.5 Å². The molecule has 0 radical (unpaired) electrons. The predicted molar refractivity (Wildman–Crippen MR) is 46.3 cm³/mol. The van der Waals surface area contributed by atoms with E-state index < -0.39 is 36.1 Å². The molecule has 1 aliphatic rings. The summed E-state index contributed by atoms with van der Waals surface area (Å²) in [6, 6.07) is -0.624. The minimum atomic E-state index is -5.85. The van der Waals surface area contributed by atoms with E-state index in [4.69, 9.17) is 5.11 Å². The molecule has 0 aromatic heterocycles. The third kappa shape index (κ3) is 2.07. The molecule has 0 bridgehead atoms. The van der Waals surface area contributed by atoms with Crippen molar-refractivity contribution in [1.82, 2.24) is 5.01 Å². The van der Waals surface area contributed by atoms with Crippen molar-refractivity contribution in [3.05, 3.63) is 0 Å². The van der Waals surface area contributed by atoms with Crippen LogP contribution in [0.15, 0.2) is 5.10 Å². The fourth-order valence-corrected chi connectivity index (χ4v) is 1.45.